The van der Waals surface area contributed by atoms with Crippen molar-refractivity contribution in [2.45, 2.75) is 23.8 Å². The van der Waals surface area contributed by atoms with Crippen LogP contribution in [0.5, 0.6) is 11.5 Å². The van der Waals surface area contributed by atoms with Gasteiger partial charge in [0.1, 0.15) is 0 Å². The molecule has 20 heavy (non-hydrogen) atoms. The molecule has 6 nitrogen and oxygen atoms in total. The number of piperidine rings is 1. The van der Waals surface area contributed by atoms with Gasteiger partial charge < -0.3 is 14.8 Å². The first-order chi connectivity index (χ1) is 9.59. The van der Waals surface area contributed by atoms with Crippen LogP contribution >= 0.6 is 0 Å². The normalized spacial score (nSPS) is 22.2. The van der Waals surface area contributed by atoms with Gasteiger partial charge in [-0.1, -0.05) is 0 Å². The molecule has 2 aliphatic heterocycles. The first kappa shape index (κ1) is 13.7. The van der Waals surface area contributed by atoms with Gasteiger partial charge in [-0.2, -0.15) is 4.31 Å². The molecule has 0 aromatic heterocycles. The molecule has 7 heteroatoms. The van der Waals surface area contributed by atoms with Gasteiger partial charge in [0.15, 0.2) is 11.5 Å². The number of fused-ring (bicyclic) bond motifs is 1. The quantitative estimate of drug-likeness (QED) is 0.893. The standard InChI is InChI=1S/C13H18N2O4S/c1-15(10-3-2-6-14-8-10)20(16,17)11-4-5-12-13(7-11)19-9-18-12/h4-5,7,10,14H,2-3,6,8-9H2,1H3. The summed E-state index contributed by atoms with van der Waals surface area (Å²) in [6, 6.07) is 4.74. The van der Waals surface area contributed by atoms with E-state index in [1.165, 1.54) is 10.4 Å². The Morgan fingerprint density at radius 3 is 2.85 bits per heavy atom. The molecule has 0 saturated carbocycles. The average molecular weight is 298 g/mol. The number of likely N-dealkylation sites (N-methyl/N-ethyl adjacent to an activating group) is 1. The monoisotopic (exact) mass is 298 g/mol. The first-order valence-electron chi connectivity index (χ1n) is 6.67. The lowest BCUT2D eigenvalue weighted by atomic mass is 10.1. The number of rotatable bonds is 3. The van der Waals surface area contributed by atoms with Gasteiger partial charge in [-0.3, -0.25) is 0 Å². The molecule has 1 aromatic carbocycles. The van der Waals surface area contributed by atoms with Crippen LogP contribution < -0.4 is 14.8 Å². The third-order valence-electron chi connectivity index (χ3n) is 3.81. The Kier molecular flexibility index (Phi) is 3.57. The molecule has 0 radical (unpaired) electrons. The summed E-state index contributed by atoms with van der Waals surface area (Å²) in [6.45, 7) is 1.79. The number of hydrogen-bond acceptors (Lipinski definition) is 5. The molecule has 1 unspecified atom stereocenters. The zero-order valence-corrected chi connectivity index (χ0v) is 12.1. The summed E-state index contributed by atoms with van der Waals surface area (Å²) in [6.07, 6.45) is 1.87. The van der Waals surface area contributed by atoms with Gasteiger partial charge in [-0.05, 0) is 31.5 Å². The van der Waals surface area contributed by atoms with Gasteiger partial charge in [0, 0.05) is 25.7 Å². The zero-order valence-electron chi connectivity index (χ0n) is 11.3. The topological polar surface area (TPSA) is 67.9 Å². The first-order valence-corrected chi connectivity index (χ1v) is 8.11. The smallest absolute Gasteiger partial charge is 0.243 e. The summed E-state index contributed by atoms with van der Waals surface area (Å²) in [7, 11) is -1.87. The highest BCUT2D eigenvalue weighted by Crippen LogP contribution is 2.34. The average Bonchev–Trinajstić information content (AvgIpc) is 2.94. The van der Waals surface area contributed by atoms with Crippen molar-refractivity contribution in [3.05, 3.63) is 18.2 Å². The second-order valence-corrected chi connectivity index (χ2v) is 7.03. The summed E-state index contributed by atoms with van der Waals surface area (Å²) in [4.78, 5) is 0.245. The van der Waals surface area contributed by atoms with Crippen molar-refractivity contribution in [2.24, 2.45) is 0 Å². The van der Waals surface area contributed by atoms with Crippen LogP contribution in [-0.4, -0.2) is 45.7 Å². The molecule has 1 atom stereocenters. The summed E-state index contributed by atoms with van der Waals surface area (Å²) in [5, 5.41) is 3.23. The predicted molar refractivity (Wildman–Crippen MR) is 73.4 cm³/mol. The van der Waals surface area contributed by atoms with Crippen LogP contribution in [0.25, 0.3) is 0 Å². The molecule has 0 amide bonds. The molecule has 0 spiro atoms. The van der Waals surface area contributed by atoms with E-state index in [4.69, 9.17) is 9.47 Å². The third kappa shape index (κ3) is 2.36. The van der Waals surface area contributed by atoms with Crippen LogP contribution in [0.2, 0.25) is 0 Å². The van der Waals surface area contributed by atoms with Crippen LogP contribution in [0.3, 0.4) is 0 Å². The van der Waals surface area contributed by atoms with Gasteiger partial charge in [-0.25, -0.2) is 8.42 Å². The number of hydrogen-bond donors (Lipinski definition) is 1. The van der Waals surface area contributed by atoms with Crippen LogP contribution in [0, 0.1) is 0 Å². The fourth-order valence-corrected chi connectivity index (χ4v) is 3.94. The molecule has 0 bridgehead atoms. The zero-order chi connectivity index (χ0) is 14.2. The van der Waals surface area contributed by atoms with E-state index in [0.29, 0.717) is 18.0 Å². The molecule has 2 aliphatic rings. The van der Waals surface area contributed by atoms with E-state index < -0.39 is 10.0 Å². The molecule has 2 heterocycles. The maximum atomic E-state index is 12.6. The number of nitrogens with zero attached hydrogens (tertiary/aromatic N) is 1. The van der Waals surface area contributed by atoms with Gasteiger partial charge in [0.2, 0.25) is 16.8 Å². The predicted octanol–water partition coefficient (Wildman–Crippen LogP) is 0.788. The van der Waals surface area contributed by atoms with E-state index >= 15 is 0 Å². The van der Waals surface area contributed by atoms with Crippen molar-refractivity contribution in [1.29, 1.82) is 0 Å². The molecule has 1 aromatic rings. The largest absolute Gasteiger partial charge is 0.454 e. The van der Waals surface area contributed by atoms with Crippen molar-refractivity contribution in [2.75, 3.05) is 26.9 Å². The van der Waals surface area contributed by atoms with Crippen molar-refractivity contribution >= 4 is 10.0 Å². The maximum Gasteiger partial charge on any atom is 0.243 e. The Hall–Kier alpha value is -1.31. The highest BCUT2D eigenvalue weighted by molar-refractivity contribution is 7.89. The summed E-state index contributed by atoms with van der Waals surface area (Å²) in [5.74, 6) is 1.08. The second kappa shape index (κ2) is 5.23. The van der Waals surface area contributed by atoms with Crippen LogP contribution in [0.4, 0.5) is 0 Å². The Balaban J connectivity index is 1.87. The highest BCUT2D eigenvalue weighted by Gasteiger charge is 2.30. The Morgan fingerprint density at radius 1 is 1.30 bits per heavy atom. The molecular weight excluding hydrogens is 280 g/mol. The summed E-state index contributed by atoms with van der Waals surface area (Å²) < 4.78 is 37.2. The summed E-state index contributed by atoms with van der Waals surface area (Å²) in [5.41, 5.74) is 0. The Morgan fingerprint density at radius 2 is 2.10 bits per heavy atom. The number of ether oxygens (including phenoxy) is 2. The molecular formula is C13H18N2O4S. The van der Waals surface area contributed by atoms with Gasteiger partial charge >= 0.3 is 0 Å². The van der Waals surface area contributed by atoms with Gasteiger partial charge in [-0.15, -0.1) is 0 Å². The highest BCUT2D eigenvalue weighted by atomic mass is 32.2. The van der Waals surface area contributed by atoms with E-state index in [1.54, 1.807) is 19.2 Å². The van der Waals surface area contributed by atoms with E-state index in [0.717, 1.165) is 19.4 Å². The van der Waals surface area contributed by atoms with E-state index in [2.05, 4.69) is 5.32 Å². The van der Waals surface area contributed by atoms with Crippen LogP contribution in [-0.2, 0) is 10.0 Å². The lowest BCUT2D eigenvalue weighted by Crippen LogP contribution is -2.46. The summed E-state index contributed by atoms with van der Waals surface area (Å²) >= 11 is 0. The molecule has 1 fully saturated rings. The molecule has 0 aliphatic carbocycles. The number of sulfonamides is 1. The molecule has 110 valence electrons. The van der Waals surface area contributed by atoms with Crippen molar-refractivity contribution in [3.63, 3.8) is 0 Å². The molecule has 1 saturated heterocycles. The maximum absolute atomic E-state index is 12.6. The molecule has 1 N–H and O–H groups in total. The van der Waals surface area contributed by atoms with Gasteiger partial charge in [0.05, 0.1) is 4.90 Å². The van der Waals surface area contributed by atoms with Crippen LogP contribution in [0.15, 0.2) is 23.1 Å². The minimum absolute atomic E-state index is 0.000766. The lowest BCUT2D eigenvalue weighted by Gasteiger charge is -2.30. The van der Waals surface area contributed by atoms with Crippen molar-refractivity contribution in [3.8, 4) is 11.5 Å². The third-order valence-corrected chi connectivity index (χ3v) is 5.71. The lowest BCUT2D eigenvalue weighted by molar-refractivity contribution is 0.174. The van der Waals surface area contributed by atoms with Gasteiger partial charge in [0.25, 0.3) is 0 Å². The van der Waals surface area contributed by atoms with Crippen molar-refractivity contribution < 1.29 is 17.9 Å². The Bertz CT molecular complexity index is 596. The van der Waals surface area contributed by atoms with E-state index in [1.807, 2.05) is 0 Å². The fraction of sp³-hybridized carbons (Fsp3) is 0.538. The SMILES string of the molecule is CN(C1CCCNC1)S(=O)(=O)c1ccc2c(c1)OCO2. The Labute approximate surface area is 118 Å². The minimum atomic E-state index is -3.50. The fourth-order valence-electron chi connectivity index (χ4n) is 2.54. The van der Waals surface area contributed by atoms with E-state index in [9.17, 15) is 8.42 Å². The molecule has 3 rings (SSSR count). The number of nitrogens with one attached hydrogen (secondary N) is 1. The second-order valence-electron chi connectivity index (χ2n) is 5.04. The van der Waals surface area contributed by atoms with Crippen molar-refractivity contribution in [1.82, 2.24) is 9.62 Å². The van der Waals surface area contributed by atoms with Crippen LogP contribution in [0.1, 0.15) is 12.8 Å². The van der Waals surface area contributed by atoms with E-state index in [-0.39, 0.29) is 17.7 Å². The number of benzene rings is 1. The minimum Gasteiger partial charge on any atom is -0.454 e.